The summed E-state index contributed by atoms with van der Waals surface area (Å²) in [5, 5.41) is 2.06. The lowest BCUT2D eigenvalue weighted by molar-refractivity contribution is 0.0303. The molecule has 1 saturated heterocycles. The first-order chi connectivity index (χ1) is 19.4. The summed E-state index contributed by atoms with van der Waals surface area (Å²) < 4.78 is 5.52. The molecule has 0 N–H and O–H groups in total. The van der Waals surface area contributed by atoms with E-state index in [1.165, 1.54) is 19.3 Å². The molecule has 0 unspecified atom stereocenters. The summed E-state index contributed by atoms with van der Waals surface area (Å²) in [5.41, 5.74) is 7.17. The number of ketones is 1. The average Bonchev–Trinajstić information content (AvgIpc) is 3.33. The number of rotatable bonds is 5. The molecule has 7 heteroatoms. The third-order valence-electron chi connectivity index (χ3n) is 8.26. The molecule has 2 aliphatic rings. The highest BCUT2D eigenvalue weighted by molar-refractivity contribution is 7.15. The monoisotopic (exact) mass is 553 g/mol. The van der Waals surface area contributed by atoms with Crippen LogP contribution in [-0.2, 0) is 4.74 Å². The van der Waals surface area contributed by atoms with Gasteiger partial charge >= 0.3 is 0 Å². The van der Waals surface area contributed by atoms with Gasteiger partial charge in [-0.1, -0.05) is 31.4 Å². The molecule has 0 spiro atoms. The molecule has 6 rings (SSSR count). The number of pyridine rings is 1. The van der Waals surface area contributed by atoms with E-state index in [9.17, 15) is 9.59 Å². The van der Waals surface area contributed by atoms with Crippen LogP contribution in [0.4, 0.5) is 0 Å². The Kier molecular flexibility index (Phi) is 7.51. The summed E-state index contributed by atoms with van der Waals surface area (Å²) in [5.74, 6) is 0.291. The Bertz CT molecular complexity index is 1600. The minimum atomic E-state index is -0.0249. The van der Waals surface area contributed by atoms with Crippen LogP contribution >= 0.6 is 11.3 Å². The zero-order valence-electron chi connectivity index (χ0n) is 23.5. The van der Waals surface area contributed by atoms with E-state index >= 15 is 0 Å². The number of morpholine rings is 1. The van der Waals surface area contributed by atoms with E-state index in [0.717, 1.165) is 61.7 Å². The van der Waals surface area contributed by atoms with Crippen LogP contribution in [0.25, 0.3) is 32.6 Å². The second-order valence-corrected chi connectivity index (χ2v) is 12.2. The second-order valence-electron chi connectivity index (χ2n) is 11.0. The number of aromatic nitrogens is 2. The normalized spacial score (nSPS) is 16.4. The molecule has 0 radical (unpaired) electrons. The van der Waals surface area contributed by atoms with Gasteiger partial charge in [-0.2, -0.15) is 0 Å². The predicted octanol–water partition coefficient (Wildman–Crippen LogP) is 7.36. The van der Waals surface area contributed by atoms with Gasteiger partial charge in [-0.05, 0) is 86.6 Å². The molecular weight excluding hydrogens is 518 g/mol. The minimum Gasteiger partial charge on any atom is -0.378 e. The maximum absolute atomic E-state index is 14.0. The molecule has 1 aliphatic heterocycles. The van der Waals surface area contributed by atoms with Crippen LogP contribution in [0.5, 0.6) is 0 Å². The Morgan fingerprint density at radius 3 is 2.42 bits per heavy atom. The fourth-order valence-corrected chi connectivity index (χ4v) is 7.10. The summed E-state index contributed by atoms with van der Waals surface area (Å²) >= 11 is 1.66. The van der Waals surface area contributed by atoms with Crippen LogP contribution in [0, 0.1) is 13.8 Å². The number of amides is 1. The van der Waals surface area contributed by atoms with Crippen LogP contribution in [0.1, 0.15) is 81.9 Å². The molecule has 1 aliphatic carbocycles. The van der Waals surface area contributed by atoms with Gasteiger partial charge < -0.3 is 9.64 Å². The van der Waals surface area contributed by atoms with Crippen LogP contribution < -0.4 is 0 Å². The van der Waals surface area contributed by atoms with Gasteiger partial charge in [0.1, 0.15) is 0 Å². The lowest BCUT2D eigenvalue weighted by atomic mass is 9.78. The van der Waals surface area contributed by atoms with Gasteiger partial charge in [0, 0.05) is 29.6 Å². The quantitative estimate of drug-likeness (QED) is 0.241. The number of aryl methyl sites for hydroxylation is 2. The number of carbonyl (C=O) groups excluding carboxylic acids is 2. The Hall–Kier alpha value is -3.42. The second kappa shape index (κ2) is 11.2. The smallest absolute Gasteiger partial charge is 0.254 e. The summed E-state index contributed by atoms with van der Waals surface area (Å²) in [6.07, 6.45) is 5.72. The topological polar surface area (TPSA) is 72.4 Å². The van der Waals surface area contributed by atoms with Crippen molar-refractivity contribution in [2.75, 3.05) is 26.3 Å². The molecule has 2 aromatic heterocycles. The summed E-state index contributed by atoms with van der Waals surface area (Å²) in [6, 6.07) is 14.4. The zero-order chi connectivity index (χ0) is 27.8. The SMILES string of the molecule is CC(=O)c1cc(C(=O)N2CCOCC2)c(-c2ccc3nc(-c4sc(C)nc4C)ccc3c2)c(C2CCCCC2)c1. The number of nitrogens with zero attached hydrogens (tertiary/aromatic N) is 3. The highest BCUT2D eigenvalue weighted by Crippen LogP contribution is 2.42. The molecule has 40 heavy (non-hydrogen) atoms. The van der Waals surface area contributed by atoms with E-state index in [4.69, 9.17) is 9.72 Å². The number of ether oxygens (including phenoxy) is 1. The van der Waals surface area contributed by atoms with Gasteiger partial charge in [0.05, 0.1) is 40.0 Å². The molecule has 0 atom stereocenters. The largest absolute Gasteiger partial charge is 0.378 e. The first-order valence-electron chi connectivity index (χ1n) is 14.3. The van der Waals surface area contributed by atoms with Crippen molar-refractivity contribution < 1.29 is 14.3 Å². The average molecular weight is 554 g/mol. The highest BCUT2D eigenvalue weighted by Gasteiger charge is 2.28. The predicted molar refractivity (Wildman–Crippen MR) is 160 cm³/mol. The number of Topliss-reactive ketones (excluding diaryl/α,β-unsaturated/α-hetero) is 1. The Morgan fingerprint density at radius 2 is 1.73 bits per heavy atom. The van der Waals surface area contributed by atoms with Crippen LogP contribution in [0.15, 0.2) is 42.5 Å². The molecule has 6 nitrogen and oxygen atoms in total. The first-order valence-corrected chi connectivity index (χ1v) is 15.1. The molecule has 1 saturated carbocycles. The minimum absolute atomic E-state index is 0.0107. The number of thiazole rings is 1. The van der Waals surface area contributed by atoms with E-state index < -0.39 is 0 Å². The van der Waals surface area contributed by atoms with Crippen molar-refractivity contribution >= 4 is 33.9 Å². The van der Waals surface area contributed by atoms with Gasteiger partial charge in [-0.15, -0.1) is 11.3 Å². The van der Waals surface area contributed by atoms with E-state index in [2.05, 4.69) is 41.4 Å². The van der Waals surface area contributed by atoms with E-state index in [1.54, 1.807) is 18.3 Å². The number of hydrogen-bond donors (Lipinski definition) is 0. The van der Waals surface area contributed by atoms with Crippen LogP contribution in [-0.4, -0.2) is 52.9 Å². The zero-order valence-corrected chi connectivity index (χ0v) is 24.3. The van der Waals surface area contributed by atoms with E-state index in [-0.39, 0.29) is 11.7 Å². The standard InChI is InChI=1S/C33H35N3O3S/c1-20-32(40-22(3)34-20)30-12-9-24-17-25(10-11-29(24)35-30)31-27(23-7-5-4-6-8-23)18-26(21(2)37)19-28(31)33(38)36-13-15-39-16-14-36/h9-12,17-19,23H,4-8,13-16H2,1-3H3. The van der Waals surface area contributed by atoms with E-state index in [0.29, 0.717) is 43.3 Å². The maximum Gasteiger partial charge on any atom is 0.254 e. The Morgan fingerprint density at radius 1 is 0.950 bits per heavy atom. The van der Waals surface area contributed by atoms with Gasteiger partial charge in [-0.3, -0.25) is 9.59 Å². The molecule has 4 aromatic rings. The van der Waals surface area contributed by atoms with Gasteiger partial charge in [0.15, 0.2) is 5.78 Å². The number of hydrogen-bond acceptors (Lipinski definition) is 6. The first kappa shape index (κ1) is 26.8. The van der Waals surface area contributed by atoms with Crippen molar-refractivity contribution in [2.24, 2.45) is 0 Å². The fraction of sp³-hybridized carbons (Fsp3) is 0.394. The molecule has 206 valence electrons. The third kappa shape index (κ3) is 5.20. The van der Waals surface area contributed by atoms with Gasteiger partial charge in [0.2, 0.25) is 0 Å². The van der Waals surface area contributed by atoms with Crippen molar-refractivity contribution in [1.29, 1.82) is 0 Å². The molecule has 1 amide bonds. The van der Waals surface area contributed by atoms with Crippen molar-refractivity contribution in [3.05, 3.63) is 69.9 Å². The Labute approximate surface area is 239 Å². The summed E-state index contributed by atoms with van der Waals surface area (Å²) in [6.45, 7) is 7.82. The lowest BCUT2D eigenvalue weighted by Crippen LogP contribution is -2.41. The van der Waals surface area contributed by atoms with Gasteiger partial charge in [0.25, 0.3) is 5.91 Å². The Balaban J connectivity index is 1.51. The van der Waals surface area contributed by atoms with Gasteiger partial charge in [-0.25, -0.2) is 9.97 Å². The summed E-state index contributed by atoms with van der Waals surface area (Å²) in [4.78, 5) is 39.2. The maximum atomic E-state index is 14.0. The molecular formula is C33H35N3O3S. The number of carbonyl (C=O) groups is 2. The summed E-state index contributed by atoms with van der Waals surface area (Å²) in [7, 11) is 0. The van der Waals surface area contributed by atoms with E-state index in [1.807, 2.05) is 24.8 Å². The van der Waals surface area contributed by atoms with Crippen LogP contribution in [0.2, 0.25) is 0 Å². The lowest BCUT2D eigenvalue weighted by Gasteiger charge is -2.30. The number of fused-ring (bicyclic) bond motifs is 1. The molecule has 2 aromatic carbocycles. The fourth-order valence-electron chi connectivity index (χ4n) is 6.21. The van der Waals surface area contributed by atoms with Crippen molar-refractivity contribution in [2.45, 2.75) is 58.8 Å². The molecule has 2 fully saturated rings. The van der Waals surface area contributed by atoms with Crippen molar-refractivity contribution in [1.82, 2.24) is 14.9 Å². The van der Waals surface area contributed by atoms with Crippen molar-refractivity contribution in [3.63, 3.8) is 0 Å². The highest BCUT2D eigenvalue weighted by atomic mass is 32.1. The molecule has 0 bridgehead atoms. The third-order valence-corrected chi connectivity index (χ3v) is 9.36. The van der Waals surface area contributed by atoms with Crippen molar-refractivity contribution in [3.8, 4) is 21.7 Å². The molecule has 3 heterocycles. The van der Waals surface area contributed by atoms with Crippen LogP contribution in [0.3, 0.4) is 0 Å². The number of benzene rings is 2.